The van der Waals surface area contributed by atoms with Crippen LogP contribution in [0.2, 0.25) is 0 Å². The molecule has 6 heteroatoms. The minimum atomic E-state index is -0.677. The fraction of sp³-hybridized carbons (Fsp3) is 0.333. The number of carbonyl (C=O) groups excluding carboxylic acids is 4. The third kappa shape index (κ3) is 2.96. The van der Waals surface area contributed by atoms with Crippen molar-refractivity contribution in [2.45, 2.75) is 44.4 Å². The Bertz CT molecular complexity index is 1620. The lowest BCUT2D eigenvalue weighted by Crippen LogP contribution is -2.36. The number of carbonyl (C=O) groups is 4. The van der Waals surface area contributed by atoms with E-state index in [2.05, 4.69) is 0 Å². The van der Waals surface area contributed by atoms with E-state index in [1.807, 2.05) is 78.7 Å². The lowest BCUT2D eigenvalue weighted by atomic mass is 9.73. The number of aryl methyl sites for hydroxylation is 2. The van der Waals surface area contributed by atoms with Crippen molar-refractivity contribution in [3.05, 3.63) is 71.0 Å². The summed E-state index contributed by atoms with van der Waals surface area (Å²) in [5.74, 6) is -2.49. The average molecular weight is 481 g/mol. The van der Waals surface area contributed by atoms with Crippen molar-refractivity contribution in [1.82, 2.24) is 9.13 Å². The van der Waals surface area contributed by atoms with Gasteiger partial charge in [-0.3, -0.25) is 19.2 Å². The van der Waals surface area contributed by atoms with E-state index in [1.54, 1.807) is 0 Å². The Kier molecular flexibility index (Phi) is 5.11. The summed E-state index contributed by atoms with van der Waals surface area (Å²) in [7, 11) is 3.73. The molecule has 2 aromatic heterocycles. The van der Waals surface area contributed by atoms with Crippen molar-refractivity contribution < 1.29 is 19.2 Å². The van der Waals surface area contributed by atoms with E-state index in [0.717, 1.165) is 21.8 Å². The van der Waals surface area contributed by atoms with Crippen LogP contribution in [0.4, 0.5) is 0 Å². The molecule has 2 aliphatic carbocycles. The number of nitrogens with zero attached hydrogens (tertiary/aromatic N) is 2. The maximum absolute atomic E-state index is 14.0. The highest BCUT2D eigenvalue weighted by Crippen LogP contribution is 2.44. The van der Waals surface area contributed by atoms with Crippen LogP contribution in [0, 0.1) is 5.92 Å². The summed E-state index contributed by atoms with van der Waals surface area (Å²) in [4.78, 5) is 54.3. The van der Waals surface area contributed by atoms with Crippen molar-refractivity contribution >= 4 is 44.9 Å². The molecule has 0 spiro atoms. The van der Waals surface area contributed by atoms with Crippen LogP contribution in [0.15, 0.2) is 48.5 Å². The van der Waals surface area contributed by atoms with Crippen LogP contribution >= 0.6 is 0 Å². The molecule has 0 saturated carbocycles. The predicted octanol–water partition coefficient (Wildman–Crippen LogP) is 5.26. The lowest BCUT2D eigenvalue weighted by Gasteiger charge is -2.30. The first-order valence-corrected chi connectivity index (χ1v) is 12.6. The summed E-state index contributed by atoms with van der Waals surface area (Å²) < 4.78 is 3.82. The van der Waals surface area contributed by atoms with E-state index in [1.165, 1.54) is 0 Å². The van der Waals surface area contributed by atoms with Gasteiger partial charge in [0.15, 0.2) is 11.6 Å². The molecule has 0 saturated heterocycles. The molecule has 0 bridgehead atoms. The second kappa shape index (κ2) is 8.12. The quantitative estimate of drug-likeness (QED) is 0.373. The zero-order valence-electron chi connectivity index (χ0n) is 20.7. The molecule has 36 heavy (non-hydrogen) atoms. The van der Waals surface area contributed by atoms with Gasteiger partial charge in [-0.25, -0.2) is 0 Å². The standard InChI is InChI=1S/C30H28N2O4/c1-4-16-15-20(27-25(28(16)34)18-10-6-8-12-22(18)32(27)3)30(36)29(35)19-13-14-23(33)24-17-9-5-7-11-21(17)31(2)26(19)24/h5-12,16,19-20H,4,13-15H2,1-3H3. The number of rotatable bonds is 4. The molecule has 0 fully saturated rings. The Morgan fingerprint density at radius 1 is 0.806 bits per heavy atom. The Morgan fingerprint density at radius 3 is 1.94 bits per heavy atom. The van der Waals surface area contributed by atoms with E-state index in [0.29, 0.717) is 41.8 Å². The predicted molar refractivity (Wildman–Crippen MR) is 138 cm³/mol. The minimum absolute atomic E-state index is 0.0172. The van der Waals surface area contributed by atoms with E-state index in [9.17, 15) is 19.2 Å². The number of hydrogen-bond donors (Lipinski definition) is 0. The van der Waals surface area contributed by atoms with Gasteiger partial charge in [0, 0.05) is 70.8 Å². The highest BCUT2D eigenvalue weighted by molar-refractivity contribution is 6.42. The second-order valence-corrected chi connectivity index (χ2v) is 10.2. The first-order valence-electron chi connectivity index (χ1n) is 12.6. The molecule has 2 aliphatic rings. The van der Waals surface area contributed by atoms with Gasteiger partial charge in [0.2, 0.25) is 11.6 Å². The summed E-state index contributed by atoms with van der Waals surface area (Å²) in [5.41, 5.74) is 4.21. The van der Waals surface area contributed by atoms with Crippen LogP contribution in [0.25, 0.3) is 21.8 Å². The van der Waals surface area contributed by atoms with Gasteiger partial charge in [-0.05, 0) is 31.4 Å². The molecule has 4 aromatic rings. The van der Waals surface area contributed by atoms with E-state index in [-0.39, 0.29) is 23.9 Å². The van der Waals surface area contributed by atoms with Crippen molar-refractivity contribution in [2.75, 3.05) is 0 Å². The Balaban J connectivity index is 1.48. The molecular weight excluding hydrogens is 452 g/mol. The Hall–Kier alpha value is -3.80. The number of Topliss-reactive ketones (excluding diaryl/α,β-unsaturated/α-hetero) is 4. The maximum Gasteiger partial charge on any atom is 0.208 e. The highest BCUT2D eigenvalue weighted by Gasteiger charge is 2.45. The van der Waals surface area contributed by atoms with E-state index >= 15 is 0 Å². The first-order chi connectivity index (χ1) is 17.3. The zero-order chi connectivity index (χ0) is 25.3. The van der Waals surface area contributed by atoms with Crippen LogP contribution in [0.5, 0.6) is 0 Å². The van der Waals surface area contributed by atoms with Crippen LogP contribution in [0.3, 0.4) is 0 Å². The van der Waals surface area contributed by atoms with Crippen LogP contribution in [0.1, 0.15) is 76.5 Å². The number of benzene rings is 2. The molecule has 0 aliphatic heterocycles. The molecule has 2 aromatic carbocycles. The number of para-hydroxylation sites is 2. The van der Waals surface area contributed by atoms with Gasteiger partial charge in [-0.1, -0.05) is 43.3 Å². The lowest BCUT2D eigenvalue weighted by molar-refractivity contribution is -0.138. The molecule has 2 heterocycles. The van der Waals surface area contributed by atoms with Gasteiger partial charge in [0.1, 0.15) is 0 Å². The van der Waals surface area contributed by atoms with Gasteiger partial charge in [0.05, 0.1) is 11.8 Å². The molecule has 6 nitrogen and oxygen atoms in total. The Labute approximate surface area is 208 Å². The van der Waals surface area contributed by atoms with Crippen molar-refractivity contribution in [1.29, 1.82) is 0 Å². The summed E-state index contributed by atoms with van der Waals surface area (Å²) in [5, 5.41) is 1.66. The highest BCUT2D eigenvalue weighted by atomic mass is 16.2. The van der Waals surface area contributed by atoms with Gasteiger partial charge >= 0.3 is 0 Å². The van der Waals surface area contributed by atoms with Crippen molar-refractivity contribution in [3.63, 3.8) is 0 Å². The van der Waals surface area contributed by atoms with Crippen molar-refractivity contribution in [3.8, 4) is 0 Å². The largest absolute Gasteiger partial charge is 0.346 e. The van der Waals surface area contributed by atoms with E-state index < -0.39 is 23.4 Å². The second-order valence-electron chi connectivity index (χ2n) is 10.2. The first kappa shape index (κ1) is 22.7. The third-order valence-corrected chi connectivity index (χ3v) is 8.41. The van der Waals surface area contributed by atoms with Crippen LogP contribution in [-0.2, 0) is 23.7 Å². The summed E-state index contributed by atoms with van der Waals surface area (Å²) in [6, 6.07) is 15.3. The zero-order valence-corrected chi connectivity index (χ0v) is 20.7. The normalized spacial score (nSPS) is 21.6. The van der Waals surface area contributed by atoms with E-state index in [4.69, 9.17) is 0 Å². The molecular formula is C30H28N2O4. The SMILES string of the molecule is CCC1CC(C(=O)C(=O)C2CCC(=O)c3c2n(C)c2ccccc32)c2c(c3ccccc3n2C)C1=O. The summed E-state index contributed by atoms with van der Waals surface area (Å²) >= 11 is 0. The minimum Gasteiger partial charge on any atom is -0.346 e. The Morgan fingerprint density at radius 2 is 1.33 bits per heavy atom. The van der Waals surface area contributed by atoms with Gasteiger partial charge in [-0.2, -0.15) is 0 Å². The van der Waals surface area contributed by atoms with Gasteiger partial charge in [0.25, 0.3) is 0 Å². The molecule has 3 unspecified atom stereocenters. The number of ketones is 4. The summed E-state index contributed by atoms with van der Waals surface area (Å²) in [6.07, 6.45) is 1.52. The smallest absolute Gasteiger partial charge is 0.208 e. The molecule has 3 atom stereocenters. The molecule has 6 rings (SSSR count). The fourth-order valence-corrected chi connectivity index (χ4v) is 6.62. The topological polar surface area (TPSA) is 78.1 Å². The third-order valence-electron chi connectivity index (χ3n) is 8.41. The molecule has 182 valence electrons. The van der Waals surface area contributed by atoms with Crippen LogP contribution in [-0.4, -0.2) is 32.3 Å². The number of aromatic nitrogens is 2. The monoisotopic (exact) mass is 480 g/mol. The van der Waals surface area contributed by atoms with Gasteiger partial charge in [-0.15, -0.1) is 0 Å². The summed E-state index contributed by atoms with van der Waals surface area (Å²) in [6.45, 7) is 1.95. The maximum atomic E-state index is 14.0. The number of hydrogen-bond acceptors (Lipinski definition) is 4. The van der Waals surface area contributed by atoms with Crippen LogP contribution < -0.4 is 0 Å². The average Bonchev–Trinajstić information content (AvgIpc) is 3.37. The van der Waals surface area contributed by atoms with Crippen molar-refractivity contribution in [2.24, 2.45) is 20.0 Å². The number of fused-ring (bicyclic) bond motifs is 6. The molecule has 0 radical (unpaired) electrons. The molecule has 0 N–H and O–H groups in total. The van der Waals surface area contributed by atoms with Gasteiger partial charge < -0.3 is 9.13 Å². The fourth-order valence-electron chi connectivity index (χ4n) is 6.62. The molecule has 0 amide bonds.